The first-order valence-corrected chi connectivity index (χ1v) is 5.48. The zero-order chi connectivity index (χ0) is 13.8. The van der Waals surface area contributed by atoms with Crippen LogP contribution < -0.4 is 15.2 Å². The summed E-state index contributed by atoms with van der Waals surface area (Å²) < 4.78 is 36.3. The van der Waals surface area contributed by atoms with Gasteiger partial charge in [0.15, 0.2) is 17.3 Å². The van der Waals surface area contributed by atoms with Crippen molar-refractivity contribution < 1.29 is 18.3 Å². The maximum absolute atomic E-state index is 13.0. The van der Waals surface area contributed by atoms with Gasteiger partial charge in [-0.25, -0.2) is 8.78 Å². The Morgan fingerprint density at radius 2 is 1.89 bits per heavy atom. The molecule has 1 aromatic heterocycles. The quantitative estimate of drug-likeness (QED) is 0.921. The number of aromatic nitrogens is 2. The first kappa shape index (κ1) is 13.0. The first-order chi connectivity index (χ1) is 9.11. The van der Waals surface area contributed by atoms with E-state index in [0.717, 1.165) is 12.1 Å². The fraction of sp³-hybridized carbons (Fsp3) is 0.167. The molecular formula is C12H11F2N3O2. The lowest BCUT2D eigenvalue weighted by molar-refractivity contribution is 0.325. The fourth-order valence-electron chi connectivity index (χ4n) is 1.35. The Morgan fingerprint density at radius 3 is 2.58 bits per heavy atom. The van der Waals surface area contributed by atoms with E-state index in [9.17, 15) is 8.78 Å². The van der Waals surface area contributed by atoms with Gasteiger partial charge in [-0.1, -0.05) is 0 Å². The van der Waals surface area contributed by atoms with E-state index in [1.807, 2.05) is 0 Å². The van der Waals surface area contributed by atoms with Gasteiger partial charge in [-0.05, 0) is 19.1 Å². The van der Waals surface area contributed by atoms with Crippen molar-refractivity contribution in [3.8, 4) is 17.5 Å². The molecule has 0 aliphatic heterocycles. The molecule has 2 N–H and O–H groups in total. The van der Waals surface area contributed by atoms with Crippen LogP contribution in [0, 0.1) is 11.6 Å². The number of hydrogen-bond donors (Lipinski definition) is 1. The van der Waals surface area contributed by atoms with Crippen LogP contribution in [0.5, 0.6) is 17.5 Å². The van der Waals surface area contributed by atoms with E-state index in [-0.39, 0.29) is 23.2 Å². The van der Waals surface area contributed by atoms with Crippen molar-refractivity contribution in [2.45, 2.75) is 6.92 Å². The molecule has 100 valence electrons. The summed E-state index contributed by atoms with van der Waals surface area (Å²) >= 11 is 0. The molecule has 0 radical (unpaired) electrons. The molecule has 2 aromatic rings. The van der Waals surface area contributed by atoms with Crippen LogP contribution >= 0.6 is 0 Å². The van der Waals surface area contributed by atoms with Crippen LogP contribution in [-0.4, -0.2) is 16.6 Å². The van der Waals surface area contributed by atoms with E-state index >= 15 is 0 Å². The second-order valence-corrected chi connectivity index (χ2v) is 3.51. The third-order valence-electron chi connectivity index (χ3n) is 2.20. The maximum atomic E-state index is 13.0. The number of ether oxygens (including phenoxy) is 2. The average molecular weight is 267 g/mol. The van der Waals surface area contributed by atoms with Crippen molar-refractivity contribution in [2.75, 3.05) is 12.3 Å². The van der Waals surface area contributed by atoms with Crippen molar-refractivity contribution in [3.63, 3.8) is 0 Å². The zero-order valence-corrected chi connectivity index (χ0v) is 10.1. The molecule has 5 nitrogen and oxygen atoms in total. The summed E-state index contributed by atoms with van der Waals surface area (Å²) in [6.07, 6.45) is 1.20. The van der Waals surface area contributed by atoms with Crippen LogP contribution in [-0.2, 0) is 0 Å². The maximum Gasteiger partial charge on any atom is 0.249 e. The van der Waals surface area contributed by atoms with Crippen LogP contribution in [0.15, 0.2) is 24.5 Å². The standard InChI is InChI=1S/C12H11F2N3O2/c1-2-18-11-10(15)12(17-6-16-11)19-7-3-4-8(13)9(14)5-7/h3-6H,2,15H2,1H3. The second-order valence-electron chi connectivity index (χ2n) is 3.51. The van der Waals surface area contributed by atoms with E-state index in [1.165, 1.54) is 12.4 Å². The summed E-state index contributed by atoms with van der Waals surface area (Å²) in [5.41, 5.74) is 5.83. The first-order valence-electron chi connectivity index (χ1n) is 5.48. The number of nitrogens with two attached hydrogens (primary N) is 1. The molecule has 0 atom stereocenters. The highest BCUT2D eigenvalue weighted by molar-refractivity contribution is 5.56. The molecule has 0 aliphatic carbocycles. The largest absolute Gasteiger partial charge is 0.476 e. The van der Waals surface area contributed by atoms with Crippen LogP contribution in [0.25, 0.3) is 0 Å². The summed E-state index contributed by atoms with van der Waals surface area (Å²) in [5.74, 6) is -1.71. The predicted octanol–water partition coefficient (Wildman–Crippen LogP) is 2.53. The number of nitrogens with zero attached hydrogens (tertiary/aromatic N) is 2. The third-order valence-corrected chi connectivity index (χ3v) is 2.20. The molecule has 0 unspecified atom stereocenters. The van der Waals surface area contributed by atoms with Crippen LogP contribution in [0.4, 0.5) is 14.5 Å². The lowest BCUT2D eigenvalue weighted by atomic mass is 10.3. The Hall–Kier alpha value is -2.44. The number of nitrogen functional groups attached to an aromatic ring is 1. The zero-order valence-electron chi connectivity index (χ0n) is 10.1. The van der Waals surface area contributed by atoms with E-state index < -0.39 is 11.6 Å². The third kappa shape index (κ3) is 2.87. The monoisotopic (exact) mass is 267 g/mol. The van der Waals surface area contributed by atoms with Gasteiger partial charge in [-0.3, -0.25) is 0 Å². The number of halogens is 2. The number of hydrogen-bond acceptors (Lipinski definition) is 5. The van der Waals surface area contributed by atoms with Crippen molar-refractivity contribution >= 4 is 5.69 Å². The Kier molecular flexibility index (Phi) is 3.74. The van der Waals surface area contributed by atoms with Gasteiger partial charge in [0, 0.05) is 6.07 Å². The molecule has 0 saturated carbocycles. The normalized spacial score (nSPS) is 10.3. The van der Waals surface area contributed by atoms with Gasteiger partial charge < -0.3 is 15.2 Å². The molecule has 19 heavy (non-hydrogen) atoms. The Balaban J connectivity index is 2.27. The molecular weight excluding hydrogens is 256 g/mol. The van der Waals surface area contributed by atoms with E-state index in [4.69, 9.17) is 15.2 Å². The number of rotatable bonds is 4. The van der Waals surface area contributed by atoms with Crippen molar-refractivity contribution in [3.05, 3.63) is 36.2 Å². The molecule has 1 aromatic carbocycles. The smallest absolute Gasteiger partial charge is 0.249 e. The molecule has 1 heterocycles. The van der Waals surface area contributed by atoms with E-state index in [2.05, 4.69) is 9.97 Å². The molecule has 0 saturated heterocycles. The molecule has 0 aliphatic rings. The molecule has 7 heteroatoms. The summed E-state index contributed by atoms with van der Waals surface area (Å²) in [6, 6.07) is 3.11. The number of benzene rings is 1. The van der Waals surface area contributed by atoms with Gasteiger partial charge in [0.25, 0.3) is 0 Å². The predicted molar refractivity (Wildman–Crippen MR) is 64.0 cm³/mol. The highest BCUT2D eigenvalue weighted by Gasteiger charge is 2.12. The fourth-order valence-corrected chi connectivity index (χ4v) is 1.35. The summed E-state index contributed by atoms with van der Waals surface area (Å²) in [6.45, 7) is 2.16. The van der Waals surface area contributed by atoms with E-state index in [0.29, 0.717) is 6.61 Å². The topological polar surface area (TPSA) is 70.3 Å². The Bertz CT molecular complexity index is 593. The van der Waals surface area contributed by atoms with Crippen molar-refractivity contribution in [2.24, 2.45) is 0 Å². The lowest BCUT2D eigenvalue weighted by Gasteiger charge is -2.10. The van der Waals surface area contributed by atoms with Gasteiger partial charge >= 0.3 is 0 Å². The van der Waals surface area contributed by atoms with Crippen LogP contribution in [0.2, 0.25) is 0 Å². The highest BCUT2D eigenvalue weighted by atomic mass is 19.2. The molecule has 0 fully saturated rings. The SMILES string of the molecule is CCOc1ncnc(Oc2ccc(F)c(F)c2)c1N. The van der Waals surface area contributed by atoms with Crippen LogP contribution in [0.3, 0.4) is 0 Å². The average Bonchev–Trinajstić information content (AvgIpc) is 2.39. The minimum Gasteiger partial charge on any atom is -0.476 e. The minimum absolute atomic E-state index is 0.0180. The minimum atomic E-state index is -1.02. The molecule has 0 amide bonds. The van der Waals surface area contributed by atoms with Crippen molar-refractivity contribution in [1.29, 1.82) is 0 Å². The van der Waals surface area contributed by atoms with E-state index in [1.54, 1.807) is 6.92 Å². The Labute approximate surface area is 108 Å². The molecule has 0 spiro atoms. The summed E-state index contributed by atoms with van der Waals surface area (Å²) in [5, 5.41) is 0. The van der Waals surface area contributed by atoms with Crippen LogP contribution in [0.1, 0.15) is 6.92 Å². The molecule has 0 bridgehead atoms. The second kappa shape index (κ2) is 5.47. The van der Waals surface area contributed by atoms with Gasteiger partial charge in [0.2, 0.25) is 11.8 Å². The summed E-state index contributed by atoms with van der Waals surface area (Å²) in [4.78, 5) is 7.64. The summed E-state index contributed by atoms with van der Waals surface area (Å²) in [7, 11) is 0. The molecule has 2 rings (SSSR count). The van der Waals surface area contributed by atoms with Gasteiger partial charge in [-0.15, -0.1) is 0 Å². The van der Waals surface area contributed by atoms with Crippen molar-refractivity contribution in [1.82, 2.24) is 9.97 Å². The highest BCUT2D eigenvalue weighted by Crippen LogP contribution is 2.30. The lowest BCUT2D eigenvalue weighted by Crippen LogP contribution is -2.03. The number of anilines is 1. The Morgan fingerprint density at radius 1 is 1.16 bits per heavy atom. The van der Waals surface area contributed by atoms with Gasteiger partial charge in [-0.2, -0.15) is 9.97 Å². The van der Waals surface area contributed by atoms with Gasteiger partial charge in [0.05, 0.1) is 6.61 Å². The van der Waals surface area contributed by atoms with Gasteiger partial charge in [0.1, 0.15) is 12.1 Å².